The first-order chi connectivity index (χ1) is 9.91. The van der Waals surface area contributed by atoms with E-state index in [1.807, 2.05) is 0 Å². The van der Waals surface area contributed by atoms with Crippen molar-refractivity contribution in [3.05, 3.63) is 0 Å². The van der Waals surface area contributed by atoms with Crippen molar-refractivity contribution in [2.45, 2.75) is 24.4 Å². The molecule has 0 amide bonds. The van der Waals surface area contributed by atoms with Crippen molar-refractivity contribution in [1.82, 2.24) is 0 Å². The van der Waals surface area contributed by atoms with E-state index in [9.17, 15) is 27.0 Å². The molecule has 0 aromatic carbocycles. The van der Waals surface area contributed by atoms with Gasteiger partial charge in [-0.1, -0.05) is 0 Å². The van der Waals surface area contributed by atoms with Crippen LogP contribution in [0.5, 0.6) is 0 Å². The molecule has 0 rings (SSSR count). The fraction of sp³-hybridized carbons (Fsp3) is 1.00. The van der Waals surface area contributed by atoms with Crippen molar-refractivity contribution < 1.29 is 44.9 Å². The summed E-state index contributed by atoms with van der Waals surface area (Å²) >= 11 is 0. The van der Waals surface area contributed by atoms with Gasteiger partial charge in [0, 0.05) is 14.2 Å². The van der Waals surface area contributed by atoms with Crippen molar-refractivity contribution in [1.29, 1.82) is 0 Å². The van der Waals surface area contributed by atoms with E-state index >= 15 is 0 Å². The van der Waals surface area contributed by atoms with Gasteiger partial charge in [0.25, 0.3) is 20.2 Å². The van der Waals surface area contributed by atoms with Gasteiger partial charge in [0.1, 0.15) is 24.4 Å². The van der Waals surface area contributed by atoms with E-state index in [0.717, 1.165) is 12.5 Å². The lowest BCUT2D eigenvalue weighted by molar-refractivity contribution is -0.145. The predicted molar refractivity (Wildman–Crippen MR) is 75.2 cm³/mol. The van der Waals surface area contributed by atoms with Gasteiger partial charge in [-0.2, -0.15) is 16.8 Å². The number of ether oxygens (including phenoxy) is 2. The van der Waals surface area contributed by atoms with E-state index in [2.05, 4.69) is 8.37 Å². The van der Waals surface area contributed by atoms with Crippen LogP contribution in [0, 0.1) is 0 Å². The Balaban J connectivity index is 4.83. The van der Waals surface area contributed by atoms with E-state index in [0.29, 0.717) is 0 Å². The molecular formula is C10H22O10S2. The number of aliphatic hydroxyl groups excluding tert-OH is 2. The first-order valence-electron chi connectivity index (χ1n) is 6.01. The highest BCUT2D eigenvalue weighted by molar-refractivity contribution is 7.86. The van der Waals surface area contributed by atoms with E-state index in [4.69, 9.17) is 9.47 Å². The SMILES string of the molecule is COC(C(O)COS(C)(=O)=O)C(OC)C(O)COS(C)(=O)=O. The van der Waals surface area contributed by atoms with Gasteiger partial charge in [-0.05, 0) is 0 Å². The minimum absolute atomic E-state index is 0.614. The van der Waals surface area contributed by atoms with Crippen LogP contribution in [0.3, 0.4) is 0 Å². The summed E-state index contributed by atoms with van der Waals surface area (Å²) in [6, 6.07) is 0. The van der Waals surface area contributed by atoms with Gasteiger partial charge in [-0.15, -0.1) is 0 Å². The Bertz CT molecular complexity index is 466. The van der Waals surface area contributed by atoms with E-state index in [-0.39, 0.29) is 0 Å². The van der Waals surface area contributed by atoms with E-state index < -0.39 is 57.9 Å². The second kappa shape index (κ2) is 9.08. The van der Waals surface area contributed by atoms with Crippen LogP contribution in [0.25, 0.3) is 0 Å². The Hall–Kier alpha value is -0.340. The van der Waals surface area contributed by atoms with Gasteiger partial charge in [0.15, 0.2) is 0 Å². The first-order valence-corrected chi connectivity index (χ1v) is 9.65. The Labute approximate surface area is 130 Å². The number of aliphatic hydroxyl groups is 2. The highest BCUT2D eigenvalue weighted by Gasteiger charge is 2.35. The molecule has 0 aliphatic carbocycles. The fourth-order valence-corrected chi connectivity index (χ4v) is 2.37. The first kappa shape index (κ1) is 21.7. The molecule has 0 aliphatic rings. The Morgan fingerprint density at radius 2 is 1.05 bits per heavy atom. The van der Waals surface area contributed by atoms with Gasteiger partial charge in [0.2, 0.25) is 0 Å². The van der Waals surface area contributed by atoms with Crippen molar-refractivity contribution in [3.8, 4) is 0 Å². The van der Waals surface area contributed by atoms with Crippen molar-refractivity contribution >= 4 is 20.2 Å². The van der Waals surface area contributed by atoms with Crippen LogP contribution in [0.15, 0.2) is 0 Å². The summed E-state index contributed by atoms with van der Waals surface area (Å²) in [4.78, 5) is 0. The zero-order valence-corrected chi connectivity index (χ0v) is 14.3. The lowest BCUT2D eigenvalue weighted by atomic mass is 10.0. The third kappa shape index (κ3) is 8.95. The second-order valence-corrected chi connectivity index (χ2v) is 7.80. The summed E-state index contributed by atoms with van der Waals surface area (Å²) in [6.45, 7) is -1.23. The third-order valence-electron chi connectivity index (χ3n) is 2.53. The van der Waals surface area contributed by atoms with Crippen molar-refractivity contribution in [2.24, 2.45) is 0 Å². The summed E-state index contributed by atoms with van der Waals surface area (Å²) in [7, 11) is -5.13. The molecule has 4 atom stereocenters. The molecule has 0 spiro atoms. The second-order valence-electron chi connectivity index (χ2n) is 4.51. The fourth-order valence-electron chi connectivity index (χ4n) is 1.60. The molecule has 0 saturated heterocycles. The minimum Gasteiger partial charge on any atom is -0.388 e. The van der Waals surface area contributed by atoms with Crippen molar-refractivity contribution in [2.75, 3.05) is 39.9 Å². The highest BCUT2D eigenvalue weighted by Crippen LogP contribution is 2.14. The van der Waals surface area contributed by atoms with Gasteiger partial charge in [-0.3, -0.25) is 8.37 Å². The van der Waals surface area contributed by atoms with Crippen LogP contribution in [-0.2, 0) is 38.1 Å². The van der Waals surface area contributed by atoms with E-state index in [1.165, 1.54) is 14.2 Å². The topological polar surface area (TPSA) is 146 Å². The lowest BCUT2D eigenvalue weighted by Gasteiger charge is -2.31. The standard InChI is InChI=1S/C10H22O10S2/c1-17-9(7(11)5-19-21(3,13)14)10(18-2)8(12)6-20-22(4,15)16/h7-12H,5-6H2,1-4H3. The summed E-state index contributed by atoms with van der Waals surface area (Å²) in [5.41, 5.74) is 0. The van der Waals surface area contributed by atoms with E-state index in [1.54, 1.807) is 0 Å². The monoisotopic (exact) mass is 366 g/mol. The number of rotatable bonds is 11. The molecule has 0 saturated carbocycles. The molecule has 0 bridgehead atoms. The number of hydrogen-bond acceptors (Lipinski definition) is 10. The Morgan fingerprint density at radius 1 is 0.773 bits per heavy atom. The number of hydrogen-bond donors (Lipinski definition) is 2. The largest absolute Gasteiger partial charge is 0.388 e. The smallest absolute Gasteiger partial charge is 0.264 e. The zero-order valence-electron chi connectivity index (χ0n) is 12.7. The molecule has 0 heterocycles. The highest BCUT2D eigenvalue weighted by atomic mass is 32.2. The summed E-state index contributed by atoms with van der Waals surface area (Å²) < 4.78 is 62.4. The number of methoxy groups -OCH3 is 2. The van der Waals surface area contributed by atoms with Crippen LogP contribution >= 0.6 is 0 Å². The molecule has 0 radical (unpaired) electrons. The molecule has 134 valence electrons. The van der Waals surface area contributed by atoms with Crippen LogP contribution in [-0.4, -0.2) is 91.4 Å². The molecule has 0 fully saturated rings. The average Bonchev–Trinajstić information content (AvgIpc) is 2.37. The predicted octanol–water partition coefficient (Wildman–Crippen LogP) is -2.31. The maximum atomic E-state index is 10.9. The normalized spacial score (nSPS) is 18.6. The van der Waals surface area contributed by atoms with Gasteiger partial charge >= 0.3 is 0 Å². The maximum Gasteiger partial charge on any atom is 0.264 e. The molecule has 2 N–H and O–H groups in total. The molecule has 4 unspecified atom stereocenters. The summed E-state index contributed by atoms with van der Waals surface area (Å²) in [5.74, 6) is 0. The third-order valence-corrected chi connectivity index (χ3v) is 3.66. The molecule has 10 nitrogen and oxygen atoms in total. The molecule has 0 aliphatic heterocycles. The Morgan fingerprint density at radius 3 is 1.23 bits per heavy atom. The van der Waals surface area contributed by atoms with Crippen LogP contribution in [0.2, 0.25) is 0 Å². The molecule has 12 heteroatoms. The average molecular weight is 366 g/mol. The lowest BCUT2D eigenvalue weighted by Crippen LogP contribution is -2.50. The summed E-state index contributed by atoms with van der Waals surface area (Å²) in [5, 5.41) is 19.8. The quantitative estimate of drug-likeness (QED) is 0.382. The van der Waals surface area contributed by atoms with Crippen LogP contribution < -0.4 is 0 Å². The molecule has 0 aromatic heterocycles. The van der Waals surface area contributed by atoms with Gasteiger partial charge in [-0.25, -0.2) is 0 Å². The summed E-state index contributed by atoms with van der Waals surface area (Å²) in [6.07, 6.45) is -3.63. The molecule has 22 heavy (non-hydrogen) atoms. The minimum atomic E-state index is -3.77. The van der Waals surface area contributed by atoms with Gasteiger partial charge < -0.3 is 19.7 Å². The maximum absolute atomic E-state index is 10.9. The van der Waals surface area contributed by atoms with Gasteiger partial charge in [0.05, 0.1) is 25.7 Å². The molecular weight excluding hydrogens is 344 g/mol. The zero-order chi connectivity index (χ0) is 17.6. The van der Waals surface area contributed by atoms with Crippen LogP contribution in [0.4, 0.5) is 0 Å². The van der Waals surface area contributed by atoms with Crippen molar-refractivity contribution in [3.63, 3.8) is 0 Å². The molecule has 0 aromatic rings. The van der Waals surface area contributed by atoms with Crippen LogP contribution in [0.1, 0.15) is 0 Å². The Kier molecular flexibility index (Phi) is 8.94.